The largest absolute Gasteiger partial charge is 0.354 e. The lowest BCUT2D eigenvalue weighted by Crippen LogP contribution is -2.34. The molecular weight excluding hydrogens is 208 g/mol. The molecule has 6 nitrogen and oxygen atoms in total. The molecule has 1 heterocycles. The number of hydrogen-bond acceptors (Lipinski definition) is 5. The number of hydrogen-bond donors (Lipinski definition) is 1. The lowest BCUT2D eigenvalue weighted by molar-refractivity contribution is -0.124. The van der Waals surface area contributed by atoms with Crippen molar-refractivity contribution in [3.63, 3.8) is 0 Å². The van der Waals surface area contributed by atoms with Crippen molar-refractivity contribution in [3.05, 3.63) is 11.9 Å². The van der Waals surface area contributed by atoms with Gasteiger partial charge in [-0.2, -0.15) is 0 Å². The Bertz CT molecular complexity index is 299. The number of aryl methyl sites for hydroxylation is 1. The Morgan fingerprint density at radius 2 is 2.12 bits per heavy atom. The highest BCUT2D eigenvalue weighted by molar-refractivity contribution is 5.03. The SMILES string of the molecule is CCCn1nncc1C(NC)C(OC)OC. The van der Waals surface area contributed by atoms with Gasteiger partial charge < -0.3 is 14.8 Å². The summed E-state index contributed by atoms with van der Waals surface area (Å²) in [6, 6.07) is -0.0726. The second kappa shape index (κ2) is 6.57. The maximum atomic E-state index is 5.26. The normalized spacial score (nSPS) is 13.3. The van der Waals surface area contributed by atoms with Crippen LogP contribution in [0.15, 0.2) is 6.20 Å². The molecule has 92 valence electrons. The summed E-state index contributed by atoms with van der Waals surface area (Å²) in [5, 5.41) is 11.1. The summed E-state index contributed by atoms with van der Waals surface area (Å²) in [4.78, 5) is 0. The van der Waals surface area contributed by atoms with Crippen LogP contribution in [0.2, 0.25) is 0 Å². The van der Waals surface area contributed by atoms with E-state index in [0.717, 1.165) is 18.7 Å². The van der Waals surface area contributed by atoms with E-state index in [0.29, 0.717) is 0 Å². The van der Waals surface area contributed by atoms with Crippen LogP contribution in [-0.2, 0) is 16.0 Å². The molecule has 0 bridgehead atoms. The van der Waals surface area contributed by atoms with Gasteiger partial charge in [0, 0.05) is 20.8 Å². The average molecular weight is 228 g/mol. The van der Waals surface area contributed by atoms with Crippen molar-refractivity contribution in [1.29, 1.82) is 0 Å². The zero-order valence-corrected chi connectivity index (χ0v) is 10.3. The molecule has 0 saturated heterocycles. The molecule has 0 radical (unpaired) electrons. The minimum Gasteiger partial charge on any atom is -0.354 e. The predicted molar refractivity (Wildman–Crippen MR) is 59.9 cm³/mol. The summed E-state index contributed by atoms with van der Waals surface area (Å²) in [5.41, 5.74) is 0.970. The fourth-order valence-electron chi connectivity index (χ4n) is 1.68. The molecule has 6 heteroatoms. The van der Waals surface area contributed by atoms with Crippen LogP contribution < -0.4 is 5.32 Å². The summed E-state index contributed by atoms with van der Waals surface area (Å²) < 4.78 is 12.4. The average Bonchev–Trinajstić information content (AvgIpc) is 2.74. The first-order chi connectivity index (χ1) is 7.78. The van der Waals surface area contributed by atoms with E-state index in [-0.39, 0.29) is 12.3 Å². The highest BCUT2D eigenvalue weighted by atomic mass is 16.7. The van der Waals surface area contributed by atoms with Gasteiger partial charge in [0.1, 0.15) is 6.04 Å². The van der Waals surface area contributed by atoms with Gasteiger partial charge in [0.2, 0.25) is 0 Å². The van der Waals surface area contributed by atoms with Gasteiger partial charge in [-0.1, -0.05) is 12.1 Å². The van der Waals surface area contributed by atoms with Gasteiger partial charge in [0.05, 0.1) is 11.9 Å². The number of ether oxygens (including phenoxy) is 2. The molecule has 1 aromatic rings. The van der Waals surface area contributed by atoms with Crippen molar-refractivity contribution in [3.8, 4) is 0 Å². The molecule has 0 spiro atoms. The van der Waals surface area contributed by atoms with Crippen molar-refractivity contribution in [2.24, 2.45) is 0 Å². The molecule has 0 fully saturated rings. The number of rotatable bonds is 7. The maximum absolute atomic E-state index is 5.26. The molecule has 0 saturated carbocycles. The smallest absolute Gasteiger partial charge is 0.177 e. The minimum absolute atomic E-state index is 0.0726. The molecular formula is C10H20N4O2. The van der Waals surface area contributed by atoms with E-state index in [9.17, 15) is 0 Å². The molecule has 1 aromatic heterocycles. The van der Waals surface area contributed by atoms with E-state index in [1.807, 2.05) is 11.7 Å². The van der Waals surface area contributed by atoms with Crippen LogP contribution in [0, 0.1) is 0 Å². The van der Waals surface area contributed by atoms with Gasteiger partial charge in [-0.25, -0.2) is 4.68 Å². The van der Waals surface area contributed by atoms with Crippen molar-refractivity contribution in [1.82, 2.24) is 20.3 Å². The van der Waals surface area contributed by atoms with E-state index in [2.05, 4.69) is 22.6 Å². The second-order valence-corrected chi connectivity index (χ2v) is 3.49. The fraction of sp³-hybridized carbons (Fsp3) is 0.800. The third-order valence-corrected chi connectivity index (χ3v) is 2.45. The Kier molecular flexibility index (Phi) is 5.37. The van der Waals surface area contributed by atoms with E-state index in [4.69, 9.17) is 9.47 Å². The molecule has 1 unspecified atom stereocenters. The number of nitrogens with one attached hydrogen (secondary N) is 1. The Labute approximate surface area is 95.9 Å². The lowest BCUT2D eigenvalue weighted by Gasteiger charge is -2.24. The topological polar surface area (TPSA) is 61.2 Å². The van der Waals surface area contributed by atoms with Crippen LogP contribution in [-0.4, -0.2) is 42.6 Å². The molecule has 0 aromatic carbocycles. The molecule has 16 heavy (non-hydrogen) atoms. The van der Waals surface area contributed by atoms with Crippen molar-refractivity contribution >= 4 is 0 Å². The first-order valence-electron chi connectivity index (χ1n) is 5.39. The van der Waals surface area contributed by atoms with Gasteiger partial charge in [0.25, 0.3) is 0 Å². The van der Waals surface area contributed by atoms with Gasteiger partial charge in [-0.15, -0.1) is 5.10 Å². The number of aromatic nitrogens is 3. The first-order valence-corrected chi connectivity index (χ1v) is 5.39. The third-order valence-electron chi connectivity index (χ3n) is 2.45. The summed E-state index contributed by atoms with van der Waals surface area (Å²) in [7, 11) is 5.10. The summed E-state index contributed by atoms with van der Waals surface area (Å²) in [6.45, 7) is 2.94. The monoisotopic (exact) mass is 228 g/mol. The van der Waals surface area contributed by atoms with Gasteiger partial charge >= 0.3 is 0 Å². The predicted octanol–water partition coefficient (Wildman–Crippen LogP) is 0.567. The van der Waals surface area contributed by atoms with E-state index in [1.54, 1.807) is 20.4 Å². The summed E-state index contributed by atoms with van der Waals surface area (Å²) in [6.07, 6.45) is 2.40. The zero-order valence-electron chi connectivity index (χ0n) is 10.3. The quantitative estimate of drug-likeness (QED) is 0.691. The van der Waals surface area contributed by atoms with Crippen LogP contribution in [0.1, 0.15) is 25.1 Å². The molecule has 1 rings (SSSR count). The molecule has 1 N–H and O–H groups in total. The van der Waals surface area contributed by atoms with Crippen LogP contribution in [0.5, 0.6) is 0 Å². The minimum atomic E-state index is -0.348. The third kappa shape index (κ3) is 2.78. The Hall–Kier alpha value is -0.980. The highest BCUT2D eigenvalue weighted by Crippen LogP contribution is 2.18. The van der Waals surface area contributed by atoms with Gasteiger partial charge in [-0.3, -0.25) is 0 Å². The number of methoxy groups -OCH3 is 2. The molecule has 0 aliphatic carbocycles. The summed E-state index contributed by atoms with van der Waals surface area (Å²) in [5.74, 6) is 0. The van der Waals surface area contributed by atoms with Crippen LogP contribution in [0.25, 0.3) is 0 Å². The molecule has 0 aliphatic heterocycles. The van der Waals surface area contributed by atoms with Gasteiger partial charge in [0.15, 0.2) is 6.29 Å². The number of likely N-dealkylation sites (N-methyl/N-ethyl adjacent to an activating group) is 1. The van der Waals surface area contributed by atoms with Gasteiger partial charge in [-0.05, 0) is 13.5 Å². The van der Waals surface area contributed by atoms with E-state index >= 15 is 0 Å². The molecule has 0 amide bonds. The Morgan fingerprint density at radius 1 is 1.44 bits per heavy atom. The Balaban J connectivity index is 2.88. The maximum Gasteiger partial charge on any atom is 0.177 e. The van der Waals surface area contributed by atoms with Crippen molar-refractivity contribution < 1.29 is 9.47 Å². The van der Waals surface area contributed by atoms with Crippen LogP contribution >= 0.6 is 0 Å². The van der Waals surface area contributed by atoms with E-state index in [1.165, 1.54) is 0 Å². The molecule has 0 aliphatic rings. The van der Waals surface area contributed by atoms with Crippen LogP contribution in [0.4, 0.5) is 0 Å². The highest BCUT2D eigenvalue weighted by Gasteiger charge is 2.24. The summed E-state index contributed by atoms with van der Waals surface area (Å²) >= 11 is 0. The van der Waals surface area contributed by atoms with Crippen molar-refractivity contribution in [2.75, 3.05) is 21.3 Å². The van der Waals surface area contributed by atoms with Crippen molar-refractivity contribution in [2.45, 2.75) is 32.2 Å². The second-order valence-electron chi connectivity index (χ2n) is 3.49. The number of nitrogens with zero attached hydrogens (tertiary/aromatic N) is 3. The van der Waals surface area contributed by atoms with E-state index < -0.39 is 0 Å². The van der Waals surface area contributed by atoms with Crippen LogP contribution in [0.3, 0.4) is 0 Å². The standard InChI is InChI=1S/C10H20N4O2/c1-5-6-14-8(7-12-13-14)9(11-2)10(15-3)16-4/h7,9-11H,5-6H2,1-4H3. The fourth-order valence-corrected chi connectivity index (χ4v) is 1.68. The lowest BCUT2D eigenvalue weighted by atomic mass is 10.2. The zero-order chi connectivity index (χ0) is 12.0. The molecule has 1 atom stereocenters. The first kappa shape index (κ1) is 13.1. The Morgan fingerprint density at radius 3 is 2.62 bits per heavy atom.